The van der Waals surface area contributed by atoms with Gasteiger partial charge in [-0.25, -0.2) is 0 Å². The fraction of sp³-hybridized carbons (Fsp3) is 0.625. The maximum Gasteiger partial charge on any atom is 0.122 e. The van der Waals surface area contributed by atoms with E-state index in [1.807, 2.05) is 19.2 Å². The van der Waals surface area contributed by atoms with Gasteiger partial charge in [0.25, 0.3) is 0 Å². The Balaban J connectivity index is 2.15. The summed E-state index contributed by atoms with van der Waals surface area (Å²) in [4.78, 5) is 4.67. The summed E-state index contributed by atoms with van der Waals surface area (Å²) in [7, 11) is 6.19. The predicted octanol–water partition coefficient (Wildman–Crippen LogP) is 2.20. The molecule has 1 heterocycles. The van der Waals surface area contributed by atoms with E-state index >= 15 is 0 Å². The van der Waals surface area contributed by atoms with Crippen LogP contribution in [0.25, 0.3) is 0 Å². The van der Waals surface area contributed by atoms with E-state index in [-0.39, 0.29) is 6.04 Å². The Labute approximate surface area is 122 Å². The highest BCUT2D eigenvalue weighted by Crippen LogP contribution is 2.30. The second kappa shape index (κ2) is 6.46. The van der Waals surface area contributed by atoms with Crippen LogP contribution in [0.4, 0.5) is 5.69 Å². The van der Waals surface area contributed by atoms with Crippen LogP contribution in [0.2, 0.25) is 0 Å². The Kier molecular flexibility index (Phi) is 4.89. The number of phenols is 1. The minimum atomic E-state index is 0.167. The molecule has 2 atom stereocenters. The predicted molar refractivity (Wildman–Crippen MR) is 84.5 cm³/mol. The average Bonchev–Trinajstić information content (AvgIpc) is 2.46. The highest BCUT2D eigenvalue weighted by atomic mass is 16.3. The van der Waals surface area contributed by atoms with Crippen molar-refractivity contribution in [1.29, 1.82) is 0 Å². The molecule has 0 spiro atoms. The number of piperidine rings is 1. The molecular formula is C16H27N3O. The van der Waals surface area contributed by atoms with Gasteiger partial charge in [0.2, 0.25) is 0 Å². The number of anilines is 1. The summed E-state index contributed by atoms with van der Waals surface area (Å²) in [6.07, 6.45) is 2.46. The summed E-state index contributed by atoms with van der Waals surface area (Å²) in [6.45, 7) is 4.16. The topological polar surface area (TPSA) is 38.7 Å². The lowest BCUT2D eigenvalue weighted by Crippen LogP contribution is -2.45. The molecule has 20 heavy (non-hydrogen) atoms. The molecule has 1 aliphatic heterocycles. The van der Waals surface area contributed by atoms with Crippen molar-refractivity contribution in [2.45, 2.75) is 31.8 Å². The molecule has 0 saturated carbocycles. The first kappa shape index (κ1) is 15.1. The van der Waals surface area contributed by atoms with Gasteiger partial charge in [-0.05, 0) is 47.0 Å². The zero-order chi connectivity index (χ0) is 14.7. The Bertz CT molecular complexity index is 447. The fourth-order valence-corrected chi connectivity index (χ4v) is 2.86. The largest absolute Gasteiger partial charge is 0.508 e. The lowest BCUT2D eigenvalue weighted by molar-refractivity contribution is 0.258. The van der Waals surface area contributed by atoms with Crippen molar-refractivity contribution < 1.29 is 5.11 Å². The number of hydrogen-bond donors (Lipinski definition) is 2. The van der Waals surface area contributed by atoms with Crippen LogP contribution in [0, 0.1) is 0 Å². The highest BCUT2D eigenvalue weighted by Gasteiger charge is 2.22. The maximum absolute atomic E-state index is 10.2. The van der Waals surface area contributed by atoms with Crippen LogP contribution >= 0.6 is 0 Å². The minimum Gasteiger partial charge on any atom is -0.508 e. The first-order valence-corrected chi connectivity index (χ1v) is 7.44. The van der Waals surface area contributed by atoms with Gasteiger partial charge in [0.15, 0.2) is 0 Å². The maximum atomic E-state index is 10.2. The van der Waals surface area contributed by atoms with E-state index in [4.69, 9.17) is 0 Å². The summed E-state index contributed by atoms with van der Waals surface area (Å²) in [5, 5.41) is 13.4. The van der Waals surface area contributed by atoms with E-state index in [0.29, 0.717) is 11.8 Å². The van der Waals surface area contributed by atoms with Crippen LogP contribution in [0.15, 0.2) is 18.2 Å². The molecule has 1 aliphatic rings. The second-order valence-corrected chi connectivity index (χ2v) is 5.96. The summed E-state index contributed by atoms with van der Waals surface area (Å²) < 4.78 is 0. The van der Waals surface area contributed by atoms with Gasteiger partial charge in [0.05, 0.1) is 0 Å². The third kappa shape index (κ3) is 3.25. The standard InChI is InChI=1S/C16H27N3O/c1-12(17-2)15-8-7-13(10-16(15)20)19-9-5-6-14(11-19)18(3)4/h7-8,10,12,14,17,20H,5-6,9,11H2,1-4H3. The molecule has 0 aliphatic carbocycles. The van der Waals surface area contributed by atoms with Crippen molar-refractivity contribution in [3.63, 3.8) is 0 Å². The number of phenolic OH excluding ortho intramolecular Hbond substituents is 1. The zero-order valence-electron chi connectivity index (χ0n) is 13.1. The van der Waals surface area contributed by atoms with E-state index in [1.54, 1.807) is 0 Å². The summed E-state index contributed by atoms with van der Waals surface area (Å²) in [5.41, 5.74) is 2.08. The van der Waals surface area contributed by atoms with Crippen molar-refractivity contribution in [3.8, 4) is 5.75 Å². The fourth-order valence-electron chi connectivity index (χ4n) is 2.86. The molecule has 2 rings (SSSR count). The van der Waals surface area contributed by atoms with Gasteiger partial charge >= 0.3 is 0 Å². The molecular weight excluding hydrogens is 250 g/mol. The number of nitrogens with one attached hydrogen (secondary N) is 1. The van der Waals surface area contributed by atoms with E-state index in [1.165, 1.54) is 12.8 Å². The van der Waals surface area contributed by atoms with Crippen molar-refractivity contribution in [3.05, 3.63) is 23.8 Å². The molecule has 0 amide bonds. The SMILES string of the molecule is CNC(C)c1ccc(N2CCCC(N(C)C)C2)cc1O. The smallest absolute Gasteiger partial charge is 0.122 e. The van der Waals surface area contributed by atoms with Gasteiger partial charge in [-0.1, -0.05) is 6.07 Å². The first-order valence-electron chi connectivity index (χ1n) is 7.44. The van der Waals surface area contributed by atoms with E-state index in [2.05, 4.69) is 42.2 Å². The van der Waals surface area contributed by atoms with Crippen LogP contribution < -0.4 is 10.2 Å². The number of likely N-dealkylation sites (N-methyl/N-ethyl adjacent to an activating group) is 1. The normalized spacial score (nSPS) is 21.2. The number of benzene rings is 1. The van der Waals surface area contributed by atoms with Crippen molar-refractivity contribution in [2.75, 3.05) is 39.1 Å². The van der Waals surface area contributed by atoms with Crippen molar-refractivity contribution >= 4 is 5.69 Å². The van der Waals surface area contributed by atoms with Crippen LogP contribution in [0.5, 0.6) is 5.75 Å². The molecule has 1 fully saturated rings. The number of aromatic hydroxyl groups is 1. The Hall–Kier alpha value is -1.26. The van der Waals surface area contributed by atoms with Crippen LogP contribution in [0.3, 0.4) is 0 Å². The molecule has 2 N–H and O–H groups in total. The first-order chi connectivity index (χ1) is 9.52. The van der Waals surface area contributed by atoms with E-state index < -0.39 is 0 Å². The molecule has 4 heteroatoms. The van der Waals surface area contributed by atoms with Crippen LogP contribution in [0.1, 0.15) is 31.4 Å². The molecule has 2 unspecified atom stereocenters. The van der Waals surface area contributed by atoms with E-state index in [0.717, 1.165) is 24.3 Å². The van der Waals surface area contributed by atoms with Gasteiger partial charge < -0.3 is 20.2 Å². The van der Waals surface area contributed by atoms with E-state index in [9.17, 15) is 5.11 Å². The summed E-state index contributed by atoms with van der Waals surface area (Å²) in [6, 6.07) is 6.83. The Morgan fingerprint density at radius 1 is 1.40 bits per heavy atom. The second-order valence-electron chi connectivity index (χ2n) is 5.96. The quantitative estimate of drug-likeness (QED) is 0.885. The highest BCUT2D eigenvalue weighted by molar-refractivity contribution is 5.54. The molecule has 0 radical (unpaired) electrons. The van der Waals surface area contributed by atoms with Gasteiger partial charge in [-0.3, -0.25) is 0 Å². The van der Waals surface area contributed by atoms with Gasteiger partial charge in [-0.2, -0.15) is 0 Å². The zero-order valence-corrected chi connectivity index (χ0v) is 13.1. The van der Waals surface area contributed by atoms with Crippen molar-refractivity contribution in [2.24, 2.45) is 0 Å². The third-order valence-corrected chi connectivity index (χ3v) is 4.41. The molecule has 112 valence electrons. The van der Waals surface area contributed by atoms with Crippen LogP contribution in [-0.2, 0) is 0 Å². The third-order valence-electron chi connectivity index (χ3n) is 4.41. The van der Waals surface area contributed by atoms with Gasteiger partial charge in [0.1, 0.15) is 5.75 Å². The molecule has 4 nitrogen and oxygen atoms in total. The van der Waals surface area contributed by atoms with Gasteiger partial charge in [-0.15, -0.1) is 0 Å². The molecule has 0 bridgehead atoms. The van der Waals surface area contributed by atoms with Crippen LogP contribution in [-0.4, -0.2) is 50.3 Å². The summed E-state index contributed by atoms with van der Waals surface area (Å²) >= 11 is 0. The van der Waals surface area contributed by atoms with Crippen molar-refractivity contribution in [1.82, 2.24) is 10.2 Å². The number of nitrogens with zero attached hydrogens (tertiary/aromatic N) is 2. The Morgan fingerprint density at radius 3 is 2.75 bits per heavy atom. The van der Waals surface area contributed by atoms with Gasteiger partial charge in [0, 0.05) is 42.5 Å². The lowest BCUT2D eigenvalue weighted by Gasteiger charge is -2.37. The lowest BCUT2D eigenvalue weighted by atomic mass is 10.0. The molecule has 0 aromatic heterocycles. The average molecular weight is 277 g/mol. The number of hydrogen-bond acceptors (Lipinski definition) is 4. The Morgan fingerprint density at radius 2 is 2.15 bits per heavy atom. The monoisotopic (exact) mass is 277 g/mol. The molecule has 1 saturated heterocycles. The molecule has 1 aromatic carbocycles. The molecule has 1 aromatic rings. The minimum absolute atomic E-state index is 0.167. The number of rotatable bonds is 4. The summed E-state index contributed by atoms with van der Waals surface area (Å²) in [5.74, 6) is 0.385.